The number of nitrogens with one attached hydrogen (secondary N) is 1. The van der Waals surface area contributed by atoms with Gasteiger partial charge in [0, 0.05) is 25.6 Å². The summed E-state index contributed by atoms with van der Waals surface area (Å²) in [5, 5.41) is 3.23. The summed E-state index contributed by atoms with van der Waals surface area (Å²) in [5.74, 6) is 0.761. The van der Waals surface area contributed by atoms with Crippen LogP contribution in [0.25, 0.3) is 0 Å². The molecule has 1 saturated heterocycles. The quantitative estimate of drug-likeness (QED) is 0.728. The molecule has 1 saturated carbocycles. The zero-order chi connectivity index (χ0) is 18.1. The monoisotopic (exact) mass is 406 g/mol. The van der Waals surface area contributed by atoms with E-state index in [2.05, 4.69) is 5.32 Å². The van der Waals surface area contributed by atoms with Crippen molar-refractivity contribution in [2.45, 2.75) is 41.3 Å². The van der Waals surface area contributed by atoms with Gasteiger partial charge in [0.1, 0.15) is 10.1 Å². The summed E-state index contributed by atoms with van der Waals surface area (Å²) in [6.45, 7) is 1.75. The topological polar surface area (TPSA) is 58.6 Å². The van der Waals surface area contributed by atoms with E-state index in [1.54, 1.807) is 29.6 Å². The Kier molecular flexibility index (Phi) is 5.73. The largest absolute Gasteiger partial charge is 0.495 e. The average Bonchev–Trinajstić information content (AvgIpc) is 3.28. The summed E-state index contributed by atoms with van der Waals surface area (Å²) < 4.78 is 32.2. The molecule has 25 heavy (non-hydrogen) atoms. The highest BCUT2D eigenvalue weighted by atomic mass is 35.5. The molecule has 2 aliphatic rings. The van der Waals surface area contributed by atoms with Crippen LogP contribution >= 0.6 is 23.2 Å². The van der Waals surface area contributed by atoms with Crippen molar-refractivity contribution < 1.29 is 13.2 Å². The predicted octanol–water partition coefficient (Wildman–Crippen LogP) is 3.87. The summed E-state index contributed by atoms with van der Waals surface area (Å²) >= 11 is 12.1. The molecule has 1 aromatic carbocycles. The van der Waals surface area contributed by atoms with Crippen molar-refractivity contribution in [1.82, 2.24) is 4.31 Å². The van der Waals surface area contributed by atoms with Crippen LogP contribution in [0.15, 0.2) is 23.1 Å². The fraction of sp³-hybridized carbons (Fsp3) is 0.647. The molecule has 0 amide bonds. The van der Waals surface area contributed by atoms with E-state index < -0.39 is 14.4 Å². The maximum absolute atomic E-state index is 13.0. The van der Waals surface area contributed by atoms with Crippen molar-refractivity contribution in [3.63, 3.8) is 0 Å². The van der Waals surface area contributed by atoms with Crippen LogP contribution in [-0.2, 0) is 10.0 Å². The van der Waals surface area contributed by atoms with Gasteiger partial charge >= 0.3 is 0 Å². The summed E-state index contributed by atoms with van der Waals surface area (Å²) in [7, 11) is -1.93. The van der Waals surface area contributed by atoms with Crippen LogP contribution in [0.5, 0.6) is 5.75 Å². The van der Waals surface area contributed by atoms with E-state index in [0.29, 0.717) is 31.1 Å². The summed E-state index contributed by atoms with van der Waals surface area (Å²) in [4.78, 5) is 0.288. The molecule has 1 heterocycles. The van der Waals surface area contributed by atoms with Gasteiger partial charge in [0.2, 0.25) is 10.0 Å². The Hall–Kier alpha value is -0.690. The lowest BCUT2D eigenvalue weighted by Gasteiger charge is -2.21. The lowest BCUT2D eigenvalue weighted by molar-refractivity contribution is 0.414. The molecule has 0 bridgehead atoms. The van der Waals surface area contributed by atoms with Gasteiger partial charge in [0.25, 0.3) is 0 Å². The van der Waals surface area contributed by atoms with E-state index >= 15 is 0 Å². The van der Waals surface area contributed by atoms with Crippen LogP contribution in [0.4, 0.5) is 5.69 Å². The third-order valence-corrected chi connectivity index (χ3v) is 7.69. The van der Waals surface area contributed by atoms with E-state index in [1.807, 2.05) is 0 Å². The molecule has 1 N–H and O–H groups in total. The summed E-state index contributed by atoms with van der Waals surface area (Å²) in [6, 6.07) is 4.94. The van der Waals surface area contributed by atoms with E-state index in [1.165, 1.54) is 0 Å². The predicted molar refractivity (Wildman–Crippen MR) is 101 cm³/mol. The van der Waals surface area contributed by atoms with Crippen LogP contribution in [0.3, 0.4) is 0 Å². The molecular formula is C17H24Cl2N2O3S. The van der Waals surface area contributed by atoms with Crippen LogP contribution in [0.2, 0.25) is 0 Å². The van der Waals surface area contributed by atoms with Crippen LogP contribution < -0.4 is 10.1 Å². The Bertz CT molecular complexity index is 717. The number of rotatable bonds is 6. The minimum absolute atomic E-state index is 0.159. The van der Waals surface area contributed by atoms with E-state index in [0.717, 1.165) is 32.1 Å². The van der Waals surface area contributed by atoms with Gasteiger partial charge < -0.3 is 10.1 Å². The summed E-state index contributed by atoms with van der Waals surface area (Å²) in [5.41, 5.74) is 0.648. The molecule has 0 aromatic heterocycles. The van der Waals surface area contributed by atoms with E-state index in [9.17, 15) is 8.42 Å². The Labute approximate surface area is 159 Å². The lowest BCUT2D eigenvalue weighted by Crippen LogP contribution is -2.32. The van der Waals surface area contributed by atoms with Crippen LogP contribution in [-0.4, -0.2) is 43.8 Å². The normalized spacial score (nSPS) is 23.7. The zero-order valence-corrected chi connectivity index (χ0v) is 16.6. The van der Waals surface area contributed by atoms with Crippen molar-refractivity contribution >= 4 is 38.9 Å². The molecule has 1 unspecified atom stereocenters. The fourth-order valence-electron chi connectivity index (χ4n) is 3.14. The van der Waals surface area contributed by atoms with Gasteiger partial charge in [-0.1, -0.05) is 12.8 Å². The van der Waals surface area contributed by atoms with Crippen molar-refractivity contribution in [2.24, 2.45) is 5.92 Å². The molecule has 2 fully saturated rings. The minimum Gasteiger partial charge on any atom is -0.495 e. The number of alkyl halides is 2. The first kappa shape index (κ1) is 19.1. The highest BCUT2D eigenvalue weighted by molar-refractivity contribution is 7.89. The smallest absolute Gasteiger partial charge is 0.243 e. The summed E-state index contributed by atoms with van der Waals surface area (Å²) in [6.07, 6.45) is 4.73. The number of hydrogen-bond donors (Lipinski definition) is 1. The number of sulfonamides is 1. The number of methoxy groups -OCH3 is 1. The number of halogens is 2. The molecule has 1 aromatic rings. The molecule has 0 spiro atoms. The fourth-order valence-corrected chi connectivity index (χ4v) is 5.21. The van der Waals surface area contributed by atoms with Crippen LogP contribution in [0, 0.1) is 5.92 Å². The Morgan fingerprint density at radius 3 is 2.44 bits per heavy atom. The molecule has 140 valence electrons. The third-order valence-electron chi connectivity index (χ3n) is 4.87. The van der Waals surface area contributed by atoms with Gasteiger partial charge in [-0.05, 0) is 37.5 Å². The van der Waals surface area contributed by atoms with E-state index in [-0.39, 0.29) is 10.8 Å². The molecule has 5 nitrogen and oxygen atoms in total. The maximum Gasteiger partial charge on any atom is 0.243 e. The van der Waals surface area contributed by atoms with Gasteiger partial charge in [0.05, 0.1) is 17.7 Å². The SMILES string of the molecule is COc1ccc(S(=O)(=O)N2CCCCCC2)cc1NCC1CC1(Cl)Cl. The molecule has 1 aliphatic carbocycles. The third kappa shape index (κ3) is 4.35. The van der Waals surface area contributed by atoms with Crippen molar-refractivity contribution in [3.05, 3.63) is 18.2 Å². The first-order valence-electron chi connectivity index (χ1n) is 8.64. The van der Waals surface area contributed by atoms with Gasteiger partial charge in [-0.15, -0.1) is 23.2 Å². The molecule has 1 aliphatic heterocycles. The Balaban J connectivity index is 1.80. The standard InChI is InChI=1S/C17H24Cl2N2O3S/c1-24-16-7-6-14(10-15(16)20-12-13-11-17(13,18)19)25(22,23)21-8-4-2-3-5-9-21/h6-7,10,13,20H,2-5,8-9,11-12H2,1H3. The molecular weight excluding hydrogens is 383 g/mol. The number of nitrogens with zero attached hydrogens (tertiary/aromatic N) is 1. The van der Waals surface area contributed by atoms with Gasteiger partial charge in [-0.3, -0.25) is 0 Å². The first-order valence-corrected chi connectivity index (χ1v) is 10.8. The Morgan fingerprint density at radius 2 is 1.88 bits per heavy atom. The van der Waals surface area contributed by atoms with Gasteiger partial charge in [-0.2, -0.15) is 4.31 Å². The molecule has 1 atom stereocenters. The highest BCUT2D eigenvalue weighted by Crippen LogP contribution is 2.53. The highest BCUT2D eigenvalue weighted by Gasteiger charge is 2.51. The maximum atomic E-state index is 13.0. The van der Waals surface area contributed by atoms with E-state index in [4.69, 9.17) is 27.9 Å². The van der Waals surface area contributed by atoms with Crippen molar-refractivity contribution in [2.75, 3.05) is 32.1 Å². The molecule has 8 heteroatoms. The van der Waals surface area contributed by atoms with Crippen LogP contribution in [0.1, 0.15) is 32.1 Å². The average molecular weight is 407 g/mol. The molecule has 0 radical (unpaired) electrons. The number of ether oxygens (including phenoxy) is 1. The van der Waals surface area contributed by atoms with Crippen molar-refractivity contribution in [1.29, 1.82) is 0 Å². The molecule has 3 rings (SSSR count). The van der Waals surface area contributed by atoms with Gasteiger partial charge in [-0.25, -0.2) is 8.42 Å². The number of anilines is 1. The Morgan fingerprint density at radius 1 is 1.24 bits per heavy atom. The van der Waals surface area contributed by atoms with Gasteiger partial charge in [0.15, 0.2) is 0 Å². The second kappa shape index (κ2) is 7.51. The van der Waals surface area contributed by atoms with Crippen molar-refractivity contribution in [3.8, 4) is 5.75 Å². The second-order valence-corrected chi connectivity index (χ2v) is 10.2. The first-order chi connectivity index (χ1) is 11.8. The second-order valence-electron chi connectivity index (χ2n) is 6.72. The number of benzene rings is 1. The zero-order valence-electron chi connectivity index (χ0n) is 14.3. The number of hydrogen-bond acceptors (Lipinski definition) is 4. The lowest BCUT2D eigenvalue weighted by atomic mass is 10.2. The minimum atomic E-state index is -3.49.